The first kappa shape index (κ1) is 31.1. The molecule has 0 rings (SSSR count). The molecule has 0 unspecified atom stereocenters. The zero-order valence-electron chi connectivity index (χ0n) is 7.95. The third kappa shape index (κ3) is 653. The molecule has 0 aromatic heterocycles. The number of phosphoric acid groups is 1. The first-order valence-corrected chi connectivity index (χ1v) is 4.94. The summed E-state index contributed by atoms with van der Waals surface area (Å²) in [6, 6.07) is 0. The summed E-state index contributed by atoms with van der Waals surface area (Å²) in [5, 5.41) is 14.8. The molecule has 0 aromatic carbocycles. The van der Waals surface area contributed by atoms with Gasteiger partial charge in [0.25, 0.3) is 0 Å². The second kappa shape index (κ2) is 15.5. The van der Waals surface area contributed by atoms with Crippen LogP contribution in [-0.4, -0.2) is 37.3 Å². The molecular weight excluding hydrogens is 331 g/mol. The fourth-order valence-electron chi connectivity index (χ4n) is 0. The molecule has 0 radical (unpaired) electrons. The molecule has 0 atom stereocenters. The van der Waals surface area contributed by atoms with Gasteiger partial charge < -0.3 is 34.6 Å². The molecule has 0 saturated heterocycles. The summed E-state index contributed by atoms with van der Waals surface area (Å²) in [4.78, 5) is 29.8. The maximum atomic E-state index is 8.88. The van der Waals surface area contributed by atoms with Gasteiger partial charge in [-0.1, -0.05) is 0 Å². The van der Waals surface area contributed by atoms with Crippen LogP contribution in [0.5, 0.6) is 0 Å². The van der Waals surface area contributed by atoms with E-state index in [4.69, 9.17) is 52.1 Å². The van der Waals surface area contributed by atoms with Gasteiger partial charge >= 0.3 is 111 Å². The molecular formula is H4K2NO11PS. The van der Waals surface area contributed by atoms with E-state index in [2.05, 4.69) is 0 Å². The Morgan fingerprint density at radius 3 is 1.06 bits per heavy atom. The molecule has 0 aliphatic heterocycles. The average molecular weight is 335 g/mol. The molecule has 0 aliphatic rings. The summed E-state index contributed by atoms with van der Waals surface area (Å²) >= 11 is 0. The van der Waals surface area contributed by atoms with Crippen molar-refractivity contribution < 1.29 is 145 Å². The van der Waals surface area contributed by atoms with E-state index in [1.54, 1.807) is 0 Å². The van der Waals surface area contributed by atoms with Gasteiger partial charge in [-0.05, 0) is 0 Å². The van der Waals surface area contributed by atoms with Gasteiger partial charge in [-0.2, -0.15) is 0 Å². The van der Waals surface area contributed by atoms with Gasteiger partial charge in [0, 0.05) is 0 Å². The van der Waals surface area contributed by atoms with Crippen LogP contribution in [0.2, 0.25) is 0 Å². The van der Waals surface area contributed by atoms with Crippen molar-refractivity contribution in [2.24, 2.45) is 0 Å². The Bertz CT molecular complexity index is 269. The van der Waals surface area contributed by atoms with E-state index in [0.29, 0.717) is 0 Å². The third-order valence-electron chi connectivity index (χ3n) is 0. The van der Waals surface area contributed by atoms with Crippen LogP contribution in [0, 0.1) is 15.3 Å². The number of hydrogen-bond donors (Lipinski definition) is 4. The van der Waals surface area contributed by atoms with Crippen LogP contribution in [0.3, 0.4) is 0 Å². The van der Waals surface area contributed by atoms with Crippen LogP contribution in [0.15, 0.2) is 0 Å². The van der Waals surface area contributed by atoms with E-state index < -0.39 is 23.3 Å². The fourth-order valence-corrected chi connectivity index (χ4v) is 0. The molecule has 16 heavy (non-hydrogen) atoms. The first-order chi connectivity index (χ1) is 5.73. The van der Waals surface area contributed by atoms with Crippen molar-refractivity contribution in [2.75, 3.05) is 0 Å². The van der Waals surface area contributed by atoms with Gasteiger partial charge in [-0.25, -0.2) is 13.0 Å². The van der Waals surface area contributed by atoms with Crippen LogP contribution in [0.1, 0.15) is 0 Å². The maximum Gasteiger partial charge on any atom is 1.00 e. The molecule has 4 N–H and O–H groups in total. The number of rotatable bonds is 0. The Balaban J connectivity index is -0.0000000358. The Kier molecular flexibility index (Phi) is 30.1. The van der Waals surface area contributed by atoms with Gasteiger partial charge in [0.05, 0.1) is 5.09 Å². The molecule has 0 heterocycles. The van der Waals surface area contributed by atoms with E-state index in [1.165, 1.54) is 0 Å². The molecule has 0 amide bonds. The van der Waals surface area contributed by atoms with E-state index >= 15 is 0 Å². The minimum Gasteiger partial charge on any atom is -0.726 e. The second-order valence-corrected chi connectivity index (χ2v) is 3.05. The molecule has 0 fully saturated rings. The van der Waals surface area contributed by atoms with Gasteiger partial charge in [-0.15, -0.1) is 0 Å². The van der Waals surface area contributed by atoms with Crippen LogP contribution in [-0.2, 0) is 15.0 Å². The van der Waals surface area contributed by atoms with Crippen LogP contribution in [0.4, 0.5) is 0 Å². The van der Waals surface area contributed by atoms with Crippen LogP contribution >= 0.6 is 7.82 Å². The minimum atomic E-state index is -4.92. The molecule has 0 aromatic rings. The normalized spacial score (nSPS) is 8.81. The molecule has 88 valence electrons. The van der Waals surface area contributed by atoms with Crippen molar-refractivity contribution >= 4 is 18.2 Å². The molecule has 0 spiro atoms. The SMILES string of the molecule is O=P(O)(O)O.O=S(=O)([O-])O.O=[N+]([O-])[O-].[K+].[K+]. The zero-order chi connectivity index (χ0) is 12.6. The molecule has 12 nitrogen and oxygen atoms in total. The summed E-state index contributed by atoms with van der Waals surface area (Å²) < 4.78 is 41.7. The van der Waals surface area contributed by atoms with Gasteiger partial charge in [0.15, 0.2) is 0 Å². The smallest absolute Gasteiger partial charge is 0.726 e. The van der Waals surface area contributed by atoms with Crippen LogP contribution < -0.4 is 103 Å². The minimum absolute atomic E-state index is 0. The summed E-state index contributed by atoms with van der Waals surface area (Å²) in [7, 11) is -9.56. The number of hydrogen-bond acceptors (Lipinski definition) is 7. The maximum absolute atomic E-state index is 8.88. The summed E-state index contributed by atoms with van der Waals surface area (Å²) in [6.07, 6.45) is 0. The van der Waals surface area contributed by atoms with Crippen molar-refractivity contribution in [1.29, 1.82) is 0 Å². The Hall–Kier alpha value is 2.45. The Labute approximate surface area is 174 Å². The molecule has 0 aliphatic carbocycles. The van der Waals surface area contributed by atoms with Crippen molar-refractivity contribution in [3.8, 4) is 0 Å². The van der Waals surface area contributed by atoms with Crippen molar-refractivity contribution in [3.05, 3.63) is 15.3 Å². The van der Waals surface area contributed by atoms with E-state index in [-0.39, 0.29) is 103 Å². The Morgan fingerprint density at radius 2 is 1.06 bits per heavy atom. The summed E-state index contributed by atoms with van der Waals surface area (Å²) in [6.45, 7) is 0. The molecule has 0 bridgehead atoms. The van der Waals surface area contributed by atoms with Gasteiger partial charge in [0.2, 0.25) is 10.4 Å². The van der Waals surface area contributed by atoms with Crippen molar-refractivity contribution in [2.45, 2.75) is 0 Å². The van der Waals surface area contributed by atoms with E-state index in [9.17, 15) is 0 Å². The summed E-state index contributed by atoms with van der Waals surface area (Å²) in [5.74, 6) is 0. The zero-order valence-corrected chi connectivity index (χ0v) is 15.9. The Morgan fingerprint density at radius 1 is 1.06 bits per heavy atom. The average Bonchev–Trinajstić information content (AvgIpc) is 1.45. The second-order valence-electron chi connectivity index (χ2n) is 1.16. The quantitative estimate of drug-likeness (QED) is 0.0812. The topological polar surface area (TPSA) is 221 Å². The summed E-state index contributed by atoms with van der Waals surface area (Å²) in [5.41, 5.74) is 0. The first-order valence-electron chi connectivity index (χ1n) is 2.01. The molecule has 0 saturated carbocycles. The van der Waals surface area contributed by atoms with Crippen molar-refractivity contribution in [1.82, 2.24) is 0 Å². The predicted molar refractivity (Wildman–Crippen MR) is 37.0 cm³/mol. The van der Waals surface area contributed by atoms with Gasteiger partial charge in [-0.3, -0.25) is 4.55 Å². The monoisotopic (exact) mass is 335 g/mol. The largest absolute Gasteiger partial charge is 1.00 e. The van der Waals surface area contributed by atoms with Gasteiger partial charge in [0.1, 0.15) is 0 Å². The van der Waals surface area contributed by atoms with E-state index in [0.717, 1.165) is 0 Å². The molecule has 16 heteroatoms. The predicted octanol–water partition coefficient (Wildman–Crippen LogP) is -8.16. The van der Waals surface area contributed by atoms with Crippen LogP contribution in [0.25, 0.3) is 0 Å². The third-order valence-corrected chi connectivity index (χ3v) is 0. The van der Waals surface area contributed by atoms with Crippen molar-refractivity contribution in [3.63, 3.8) is 0 Å². The standard InChI is InChI=1S/2K.NO3.H3O4P.H2O4S/c;;2-1(3)4;2*1-5(2,3)4/h;;;(H3,1,2,3,4);(H2,1,2,3,4)/q2*+1;-1;;/p-1. The van der Waals surface area contributed by atoms with E-state index in [1.807, 2.05) is 0 Å². The fraction of sp³-hybridized carbons (Fsp3) is 0. The number of nitrogens with zero attached hydrogens (tertiary/aromatic N) is 1.